The molecule has 1 aromatic rings. The van der Waals surface area contributed by atoms with Gasteiger partial charge in [-0.25, -0.2) is 9.78 Å². The normalized spacial score (nSPS) is 11.3. The van der Waals surface area contributed by atoms with Gasteiger partial charge in [-0.1, -0.05) is 11.6 Å². The van der Waals surface area contributed by atoms with E-state index in [0.717, 1.165) is 0 Å². The Morgan fingerprint density at radius 1 is 1.56 bits per heavy atom. The van der Waals surface area contributed by atoms with Crippen LogP contribution in [0.3, 0.4) is 0 Å². The van der Waals surface area contributed by atoms with E-state index in [-0.39, 0.29) is 10.8 Å². The number of carbonyl (C=O) groups excluding carboxylic acids is 1. The number of rotatable bonds is 1. The molecule has 0 aliphatic carbocycles. The number of nitrogen functional groups attached to an aromatic ring is 1. The van der Waals surface area contributed by atoms with E-state index in [4.69, 9.17) is 22.1 Å². The van der Waals surface area contributed by atoms with Gasteiger partial charge in [0.05, 0.1) is 10.2 Å². The predicted octanol–water partition coefficient (Wildman–Crippen LogP) is 3.04. The molecule has 2 N–H and O–H groups in total. The molecule has 1 aromatic heterocycles. The Kier molecular flexibility index (Phi) is 3.80. The Hall–Kier alpha value is -0.810. The van der Waals surface area contributed by atoms with Crippen LogP contribution in [0.4, 0.5) is 5.69 Å². The summed E-state index contributed by atoms with van der Waals surface area (Å²) in [6, 6.07) is 1.46. The summed E-state index contributed by atoms with van der Waals surface area (Å²) >= 11 is 8.89. The fraction of sp³-hybridized carbons (Fsp3) is 0.400. The van der Waals surface area contributed by atoms with Crippen LogP contribution in [0.15, 0.2) is 10.5 Å². The zero-order valence-electron chi connectivity index (χ0n) is 9.17. The lowest BCUT2D eigenvalue weighted by Crippen LogP contribution is -2.25. The van der Waals surface area contributed by atoms with Crippen molar-refractivity contribution in [1.82, 2.24) is 4.98 Å². The molecule has 0 radical (unpaired) electrons. The van der Waals surface area contributed by atoms with Crippen LogP contribution in [0.25, 0.3) is 0 Å². The van der Waals surface area contributed by atoms with E-state index < -0.39 is 11.6 Å². The number of ether oxygens (including phenoxy) is 1. The third kappa shape index (κ3) is 3.35. The van der Waals surface area contributed by atoms with Crippen molar-refractivity contribution in [2.45, 2.75) is 26.4 Å². The highest BCUT2D eigenvalue weighted by Gasteiger charge is 2.22. The van der Waals surface area contributed by atoms with Gasteiger partial charge < -0.3 is 10.5 Å². The first-order valence-electron chi connectivity index (χ1n) is 4.55. The highest BCUT2D eigenvalue weighted by atomic mass is 79.9. The zero-order valence-corrected chi connectivity index (χ0v) is 11.5. The third-order valence-electron chi connectivity index (χ3n) is 1.55. The fourth-order valence-electron chi connectivity index (χ4n) is 0.978. The summed E-state index contributed by atoms with van der Waals surface area (Å²) < 4.78 is 5.56. The molecular formula is C10H12BrClN2O2. The van der Waals surface area contributed by atoms with E-state index in [0.29, 0.717) is 10.2 Å². The summed E-state index contributed by atoms with van der Waals surface area (Å²) in [5.41, 5.74) is 5.49. The van der Waals surface area contributed by atoms with Crippen molar-refractivity contribution in [3.05, 3.63) is 21.4 Å². The van der Waals surface area contributed by atoms with Crippen molar-refractivity contribution in [1.29, 1.82) is 0 Å². The summed E-state index contributed by atoms with van der Waals surface area (Å²) in [4.78, 5) is 15.6. The number of nitrogens with zero attached hydrogens (tertiary/aromatic N) is 1. The molecule has 0 saturated carbocycles. The van der Waals surface area contributed by atoms with Crippen LogP contribution < -0.4 is 5.73 Å². The van der Waals surface area contributed by atoms with Crippen molar-refractivity contribution in [3.8, 4) is 0 Å². The highest BCUT2D eigenvalue weighted by Crippen LogP contribution is 2.27. The molecule has 4 nitrogen and oxygen atoms in total. The zero-order chi connectivity index (χ0) is 12.5. The van der Waals surface area contributed by atoms with Gasteiger partial charge in [0.15, 0.2) is 5.69 Å². The van der Waals surface area contributed by atoms with Crippen LogP contribution in [-0.2, 0) is 4.74 Å². The molecule has 0 spiro atoms. The summed E-state index contributed by atoms with van der Waals surface area (Å²) in [5.74, 6) is -0.562. The van der Waals surface area contributed by atoms with Crippen LogP contribution in [0.1, 0.15) is 31.3 Å². The van der Waals surface area contributed by atoms with Crippen LogP contribution >= 0.6 is 27.5 Å². The van der Waals surface area contributed by atoms with E-state index in [9.17, 15) is 4.79 Å². The van der Waals surface area contributed by atoms with E-state index in [1.165, 1.54) is 6.07 Å². The first kappa shape index (κ1) is 13.3. The number of esters is 1. The number of carbonyl (C=O) groups is 1. The Morgan fingerprint density at radius 2 is 2.12 bits per heavy atom. The maximum Gasteiger partial charge on any atom is 0.358 e. The smallest absolute Gasteiger partial charge is 0.358 e. The molecule has 0 fully saturated rings. The Morgan fingerprint density at radius 3 is 2.62 bits per heavy atom. The standard InChI is InChI=1S/C10H12BrClN2O2/c1-10(2,3)16-9(15)8-7(11)5(13)4-6(12)14-8/h4H,1-3H3,(H2,13,14). The third-order valence-corrected chi connectivity index (χ3v) is 2.57. The summed E-state index contributed by atoms with van der Waals surface area (Å²) in [7, 11) is 0. The Bertz CT molecular complexity index is 430. The minimum absolute atomic E-state index is 0.0833. The first-order valence-corrected chi connectivity index (χ1v) is 5.72. The lowest BCUT2D eigenvalue weighted by Gasteiger charge is -2.19. The minimum atomic E-state index is -0.588. The van der Waals surface area contributed by atoms with Crippen molar-refractivity contribution < 1.29 is 9.53 Å². The Labute approximate surface area is 107 Å². The topological polar surface area (TPSA) is 65.2 Å². The van der Waals surface area contributed by atoms with Crippen LogP contribution in [0.2, 0.25) is 5.15 Å². The molecule has 16 heavy (non-hydrogen) atoms. The minimum Gasteiger partial charge on any atom is -0.455 e. The molecule has 88 valence electrons. The molecule has 0 unspecified atom stereocenters. The fourth-order valence-corrected chi connectivity index (χ4v) is 1.55. The van der Waals surface area contributed by atoms with Gasteiger partial charge in [-0.15, -0.1) is 0 Å². The second-order valence-electron chi connectivity index (χ2n) is 4.20. The number of pyridine rings is 1. The quantitative estimate of drug-likeness (QED) is 0.640. The maximum atomic E-state index is 11.8. The monoisotopic (exact) mass is 306 g/mol. The second kappa shape index (κ2) is 4.59. The molecule has 0 aromatic carbocycles. The molecule has 1 rings (SSSR count). The number of aromatic nitrogens is 1. The predicted molar refractivity (Wildman–Crippen MR) is 66.5 cm³/mol. The molecule has 0 saturated heterocycles. The molecule has 1 heterocycles. The number of nitrogens with two attached hydrogens (primary N) is 1. The van der Waals surface area contributed by atoms with Gasteiger partial charge in [0.1, 0.15) is 10.8 Å². The van der Waals surface area contributed by atoms with Gasteiger partial charge in [-0.05, 0) is 42.8 Å². The highest BCUT2D eigenvalue weighted by molar-refractivity contribution is 9.10. The average molecular weight is 308 g/mol. The summed E-state index contributed by atoms with van der Waals surface area (Å²) in [5, 5.41) is 0.154. The second-order valence-corrected chi connectivity index (χ2v) is 5.38. The number of hydrogen-bond donors (Lipinski definition) is 1. The molecule has 0 aliphatic heterocycles. The lowest BCUT2D eigenvalue weighted by atomic mass is 10.2. The van der Waals surface area contributed by atoms with E-state index in [2.05, 4.69) is 20.9 Å². The van der Waals surface area contributed by atoms with E-state index in [1.807, 2.05) is 0 Å². The molecule has 0 bridgehead atoms. The van der Waals surface area contributed by atoms with E-state index >= 15 is 0 Å². The summed E-state index contributed by atoms with van der Waals surface area (Å²) in [6.45, 7) is 5.31. The molecule has 0 amide bonds. The lowest BCUT2D eigenvalue weighted by molar-refractivity contribution is 0.00618. The molecular weight excluding hydrogens is 295 g/mol. The van der Waals surface area contributed by atoms with Gasteiger partial charge >= 0.3 is 5.97 Å². The van der Waals surface area contributed by atoms with E-state index in [1.54, 1.807) is 20.8 Å². The SMILES string of the molecule is CC(C)(C)OC(=O)c1nc(Cl)cc(N)c1Br. The Balaban J connectivity index is 3.09. The molecule has 0 atom stereocenters. The van der Waals surface area contributed by atoms with Crippen LogP contribution in [0, 0.1) is 0 Å². The van der Waals surface area contributed by atoms with Crippen molar-refractivity contribution in [2.75, 3.05) is 5.73 Å². The summed E-state index contributed by atoms with van der Waals surface area (Å²) in [6.07, 6.45) is 0. The van der Waals surface area contributed by atoms with Gasteiger partial charge in [0.25, 0.3) is 0 Å². The van der Waals surface area contributed by atoms with Gasteiger partial charge in [0, 0.05) is 0 Å². The number of halogens is 2. The van der Waals surface area contributed by atoms with Gasteiger partial charge in [-0.3, -0.25) is 0 Å². The van der Waals surface area contributed by atoms with Gasteiger partial charge in [-0.2, -0.15) is 0 Å². The number of anilines is 1. The number of hydrogen-bond acceptors (Lipinski definition) is 4. The molecule has 0 aliphatic rings. The van der Waals surface area contributed by atoms with Crippen LogP contribution in [-0.4, -0.2) is 16.6 Å². The van der Waals surface area contributed by atoms with Crippen LogP contribution in [0.5, 0.6) is 0 Å². The average Bonchev–Trinajstić information content (AvgIpc) is 2.08. The largest absolute Gasteiger partial charge is 0.455 e. The van der Waals surface area contributed by atoms with Crippen molar-refractivity contribution >= 4 is 39.2 Å². The molecule has 6 heteroatoms. The van der Waals surface area contributed by atoms with Gasteiger partial charge in [0.2, 0.25) is 0 Å². The maximum absolute atomic E-state index is 11.8. The van der Waals surface area contributed by atoms with Crippen molar-refractivity contribution in [3.63, 3.8) is 0 Å². The van der Waals surface area contributed by atoms with Crippen molar-refractivity contribution in [2.24, 2.45) is 0 Å². The first-order chi connectivity index (χ1) is 7.20.